The van der Waals surface area contributed by atoms with Gasteiger partial charge >= 0.3 is 0 Å². The Balaban J connectivity index is 1.40. The van der Waals surface area contributed by atoms with Gasteiger partial charge in [-0.3, -0.25) is 4.90 Å². The second-order valence-electron chi connectivity index (χ2n) is 10.1. The summed E-state index contributed by atoms with van der Waals surface area (Å²) in [5.41, 5.74) is 6.78. The number of fused-ring (bicyclic) bond motifs is 3. The zero-order valence-corrected chi connectivity index (χ0v) is 21.3. The minimum Gasteiger partial charge on any atom is -0.497 e. The summed E-state index contributed by atoms with van der Waals surface area (Å²) in [7, 11) is 3.43. The minimum absolute atomic E-state index is 0.148. The monoisotopic (exact) mass is 486 g/mol. The Morgan fingerprint density at radius 3 is 2.30 bits per heavy atom. The van der Waals surface area contributed by atoms with Crippen LogP contribution in [0.1, 0.15) is 28.4 Å². The molecule has 0 fully saturated rings. The number of methoxy groups -OCH3 is 2. The van der Waals surface area contributed by atoms with E-state index in [0.29, 0.717) is 0 Å². The third-order valence-corrected chi connectivity index (χ3v) is 8.05. The molecule has 37 heavy (non-hydrogen) atoms. The molecule has 7 rings (SSSR count). The van der Waals surface area contributed by atoms with Crippen molar-refractivity contribution in [3.8, 4) is 11.5 Å². The van der Waals surface area contributed by atoms with Crippen molar-refractivity contribution >= 4 is 27.2 Å². The summed E-state index contributed by atoms with van der Waals surface area (Å²) >= 11 is 0. The van der Waals surface area contributed by atoms with Gasteiger partial charge in [-0.15, -0.1) is 0 Å². The van der Waals surface area contributed by atoms with E-state index in [0.717, 1.165) is 37.6 Å². The molecule has 0 N–H and O–H groups in total. The Hall–Kier alpha value is -4.02. The van der Waals surface area contributed by atoms with Crippen LogP contribution in [-0.4, -0.2) is 25.7 Å². The van der Waals surface area contributed by atoms with Gasteiger partial charge in [0.2, 0.25) is 0 Å². The van der Waals surface area contributed by atoms with Crippen molar-refractivity contribution in [2.45, 2.75) is 25.7 Å². The predicted molar refractivity (Wildman–Crippen MR) is 150 cm³/mol. The molecule has 0 aliphatic carbocycles. The first-order valence-electron chi connectivity index (χ1n) is 13.0. The molecule has 0 spiro atoms. The quantitative estimate of drug-likeness (QED) is 0.248. The molecular weight excluding hydrogens is 456 g/mol. The molecule has 0 aromatic heterocycles. The van der Waals surface area contributed by atoms with Crippen molar-refractivity contribution in [1.82, 2.24) is 4.90 Å². The smallest absolute Gasteiger partial charge is 0.122 e. The van der Waals surface area contributed by atoms with E-state index in [1.54, 1.807) is 14.2 Å². The lowest BCUT2D eigenvalue weighted by Crippen LogP contribution is -2.41. The van der Waals surface area contributed by atoms with Gasteiger partial charge in [0.1, 0.15) is 17.7 Å². The van der Waals surface area contributed by atoms with Crippen LogP contribution >= 0.6 is 0 Å². The molecule has 5 aromatic rings. The van der Waals surface area contributed by atoms with Crippen molar-refractivity contribution in [2.24, 2.45) is 0 Å². The van der Waals surface area contributed by atoms with E-state index >= 15 is 0 Å². The molecule has 0 bridgehead atoms. The van der Waals surface area contributed by atoms with Crippen LogP contribution in [0, 0.1) is 0 Å². The number of benzene rings is 5. The van der Waals surface area contributed by atoms with E-state index in [1.165, 1.54) is 49.5 Å². The first-order valence-corrected chi connectivity index (χ1v) is 13.0. The van der Waals surface area contributed by atoms with Gasteiger partial charge in [0.25, 0.3) is 0 Å². The van der Waals surface area contributed by atoms with Crippen molar-refractivity contribution in [2.75, 3.05) is 25.7 Å². The molecular formula is C33H30N2O2. The van der Waals surface area contributed by atoms with Crippen molar-refractivity contribution in [3.05, 3.63) is 113 Å². The second kappa shape index (κ2) is 8.82. The molecule has 5 aromatic carbocycles. The number of rotatable bonds is 5. The summed E-state index contributed by atoms with van der Waals surface area (Å²) in [5.74, 6) is 1.64. The molecule has 0 amide bonds. The molecule has 0 radical (unpaired) electrons. The first-order chi connectivity index (χ1) is 18.2. The highest BCUT2D eigenvalue weighted by molar-refractivity contribution is 6.14. The SMILES string of the molecule is COc1cc(CN2c3cccc4c3c(cc3ccccc34)C2N2CCc3ccccc3C2)cc(OC)c1. The third kappa shape index (κ3) is 3.63. The molecule has 0 saturated heterocycles. The number of anilines is 1. The Morgan fingerprint density at radius 2 is 1.49 bits per heavy atom. The molecule has 0 saturated carbocycles. The predicted octanol–water partition coefficient (Wildman–Crippen LogP) is 7.09. The van der Waals surface area contributed by atoms with Crippen molar-refractivity contribution in [3.63, 3.8) is 0 Å². The topological polar surface area (TPSA) is 24.9 Å². The Labute approximate surface area is 217 Å². The van der Waals surface area contributed by atoms with E-state index < -0.39 is 0 Å². The molecule has 4 heteroatoms. The summed E-state index contributed by atoms with van der Waals surface area (Å²) in [6.45, 7) is 2.74. The summed E-state index contributed by atoms with van der Waals surface area (Å²) in [6, 6.07) is 33.1. The molecule has 4 nitrogen and oxygen atoms in total. The number of nitrogens with zero attached hydrogens (tertiary/aromatic N) is 2. The fourth-order valence-electron chi connectivity index (χ4n) is 6.36. The summed E-state index contributed by atoms with van der Waals surface area (Å²) in [6.07, 6.45) is 1.22. The molecule has 2 aliphatic rings. The van der Waals surface area contributed by atoms with Crippen LogP contribution < -0.4 is 14.4 Å². The maximum Gasteiger partial charge on any atom is 0.122 e. The number of ether oxygens (including phenoxy) is 2. The third-order valence-electron chi connectivity index (χ3n) is 8.05. The maximum atomic E-state index is 5.61. The molecule has 2 aliphatic heterocycles. The van der Waals surface area contributed by atoms with E-state index in [4.69, 9.17) is 9.47 Å². The van der Waals surface area contributed by atoms with Gasteiger partial charge in [-0.25, -0.2) is 0 Å². The highest BCUT2D eigenvalue weighted by atomic mass is 16.5. The van der Waals surface area contributed by atoms with Crippen molar-refractivity contribution in [1.29, 1.82) is 0 Å². The molecule has 1 unspecified atom stereocenters. The van der Waals surface area contributed by atoms with E-state index in [1.807, 2.05) is 6.07 Å². The van der Waals surface area contributed by atoms with Crippen LogP contribution in [0.4, 0.5) is 5.69 Å². The molecule has 2 heterocycles. The largest absolute Gasteiger partial charge is 0.497 e. The van der Waals surface area contributed by atoms with Crippen LogP contribution in [0.3, 0.4) is 0 Å². The lowest BCUT2D eigenvalue weighted by molar-refractivity contribution is 0.176. The Morgan fingerprint density at radius 1 is 0.757 bits per heavy atom. The van der Waals surface area contributed by atoms with Crippen LogP contribution in [0.15, 0.2) is 91.0 Å². The van der Waals surface area contributed by atoms with Gasteiger partial charge in [-0.1, -0.05) is 60.7 Å². The average Bonchev–Trinajstić information content (AvgIpc) is 3.26. The van der Waals surface area contributed by atoms with Gasteiger partial charge in [0.15, 0.2) is 0 Å². The summed E-state index contributed by atoms with van der Waals surface area (Å²) < 4.78 is 11.2. The lowest BCUT2D eigenvalue weighted by Gasteiger charge is -2.40. The van der Waals surface area contributed by atoms with Gasteiger partial charge < -0.3 is 14.4 Å². The zero-order chi connectivity index (χ0) is 24.9. The highest BCUT2D eigenvalue weighted by Crippen LogP contribution is 2.49. The van der Waals surface area contributed by atoms with Gasteiger partial charge in [0, 0.05) is 36.8 Å². The lowest BCUT2D eigenvalue weighted by atomic mass is 9.95. The highest BCUT2D eigenvalue weighted by Gasteiger charge is 2.37. The summed E-state index contributed by atoms with van der Waals surface area (Å²) in [4.78, 5) is 5.24. The fraction of sp³-hybridized carbons (Fsp3) is 0.212. The number of hydrogen-bond donors (Lipinski definition) is 0. The van der Waals surface area contributed by atoms with Gasteiger partial charge in [-0.2, -0.15) is 0 Å². The fourth-order valence-corrected chi connectivity index (χ4v) is 6.36. The van der Waals surface area contributed by atoms with E-state index in [-0.39, 0.29) is 6.17 Å². The maximum absolute atomic E-state index is 5.61. The minimum atomic E-state index is 0.148. The van der Waals surface area contributed by atoms with E-state index in [9.17, 15) is 0 Å². The van der Waals surface area contributed by atoms with Crippen molar-refractivity contribution < 1.29 is 9.47 Å². The first kappa shape index (κ1) is 22.2. The van der Waals surface area contributed by atoms with E-state index in [2.05, 4.69) is 94.7 Å². The van der Waals surface area contributed by atoms with Crippen LogP contribution in [-0.2, 0) is 19.5 Å². The van der Waals surface area contributed by atoms with Gasteiger partial charge in [0.05, 0.1) is 14.2 Å². The average molecular weight is 487 g/mol. The Bertz CT molecular complexity index is 1620. The van der Waals surface area contributed by atoms with Crippen LogP contribution in [0.25, 0.3) is 21.5 Å². The Kier molecular flexibility index (Phi) is 5.29. The standard InChI is InChI=1S/C33H30N2O2/c1-36-26-16-22(17-27(19-26)37-2)20-35-31-13-7-12-29-28-11-6-5-9-24(28)18-30(32(29)31)33(35)34-15-14-23-8-3-4-10-25(23)21-34/h3-13,16-19,33H,14-15,20-21H2,1-2H3. The number of hydrogen-bond acceptors (Lipinski definition) is 4. The summed E-state index contributed by atoms with van der Waals surface area (Å²) in [5, 5.41) is 5.32. The van der Waals surface area contributed by atoms with Crippen LogP contribution in [0.5, 0.6) is 11.5 Å². The molecule has 1 atom stereocenters. The second-order valence-corrected chi connectivity index (χ2v) is 10.1. The van der Waals surface area contributed by atoms with Gasteiger partial charge in [-0.05, 0) is 69.1 Å². The van der Waals surface area contributed by atoms with Crippen LogP contribution in [0.2, 0.25) is 0 Å². The normalized spacial score (nSPS) is 16.8. The molecule has 184 valence electrons. The zero-order valence-electron chi connectivity index (χ0n) is 21.3.